The van der Waals surface area contributed by atoms with E-state index < -0.39 is 79.0 Å². The minimum atomic E-state index is -1.61. The molecule has 61 heavy (non-hydrogen) atoms. The molecule has 8 N–H and O–H groups in total. The van der Waals surface area contributed by atoms with E-state index in [-0.39, 0.29) is 46.2 Å². The second-order valence-corrected chi connectivity index (χ2v) is 13.5. The number of rotatable bonds is 30. The zero-order valence-corrected chi connectivity index (χ0v) is 35.1. The molecule has 20 nitrogen and oxygen atoms in total. The fourth-order valence-electron chi connectivity index (χ4n) is 5.00. The van der Waals surface area contributed by atoms with E-state index >= 15 is 0 Å². The van der Waals surface area contributed by atoms with Crippen LogP contribution in [-0.4, -0.2) is 119 Å². The highest BCUT2D eigenvalue weighted by Crippen LogP contribution is 2.08. The standard InChI is InChI=1S/C41H61N7O13/c1-4-6-19-57-27-33(44-35(50)28-58-23-22-56-21-18-43-41(55)61-26-31-16-12-9-13-17-31)38(52)48-47-37(51)32(24-34(42)49)45-40(54)46-36(29(3)59-20-7-5-2)39(53)60-25-30-14-10-8-11-15-30/h8-17,29,32-33,36H,4-7,18-28H2,1-3H3,(H2,42,49)(H,43,55)(H,44,50)(H,47,51)(H,48,52)(H2,45,46,54)/t29?,32-,33-,36-/m0/s1. The van der Waals surface area contributed by atoms with Crippen LogP contribution in [0.1, 0.15) is 64.0 Å². The molecule has 2 rings (SSSR count). The fourth-order valence-corrected chi connectivity index (χ4v) is 5.00. The van der Waals surface area contributed by atoms with Gasteiger partial charge in [-0.15, -0.1) is 0 Å². The summed E-state index contributed by atoms with van der Waals surface area (Å²) in [4.78, 5) is 89.0. The van der Waals surface area contributed by atoms with Crippen LogP contribution in [0.15, 0.2) is 60.7 Å². The smallest absolute Gasteiger partial charge is 0.407 e. The lowest BCUT2D eigenvalue weighted by atomic mass is 10.1. The third kappa shape index (κ3) is 23.5. The molecule has 0 heterocycles. The van der Waals surface area contributed by atoms with E-state index in [0.29, 0.717) is 31.6 Å². The molecule has 0 bridgehead atoms. The fraction of sp³-hybridized carbons (Fsp3) is 0.537. The van der Waals surface area contributed by atoms with Crippen LogP contribution in [0.5, 0.6) is 0 Å². The topological polar surface area (TPSA) is 273 Å². The molecule has 0 radical (unpaired) electrons. The Morgan fingerprint density at radius 2 is 1.25 bits per heavy atom. The van der Waals surface area contributed by atoms with Gasteiger partial charge in [-0.25, -0.2) is 14.4 Å². The number of primary amides is 1. The number of carbonyl (C=O) groups excluding carboxylic acids is 7. The van der Waals surface area contributed by atoms with E-state index in [1.54, 1.807) is 31.2 Å². The number of esters is 1. The molecule has 20 heteroatoms. The van der Waals surface area contributed by atoms with Gasteiger partial charge in [0.2, 0.25) is 11.8 Å². The maximum absolute atomic E-state index is 13.2. The van der Waals surface area contributed by atoms with Crippen LogP contribution in [0.2, 0.25) is 0 Å². The number of amides is 7. The van der Waals surface area contributed by atoms with Gasteiger partial charge in [0.05, 0.1) is 39.0 Å². The Morgan fingerprint density at radius 1 is 0.656 bits per heavy atom. The normalized spacial score (nSPS) is 12.7. The number of alkyl carbamates (subject to hydrolysis) is 1. The van der Waals surface area contributed by atoms with Crippen molar-refractivity contribution in [1.82, 2.24) is 32.1 Å². The molecule has 0 saturated carbocycles. The Kier molecular flexibility index (Phi) is 26.2. The Labute approximate surface area is 355 Å². The Hall–Kier alpha value is -5.83. The molecule has 0 aliphatic heterocycles. The van der Waals surface area contributed by atoms with Gasteiger partial charge in [-0.1, -0.05) is 87.4 Å². The molecule has 2 aromatic rings. The third-order valence-corrected chi connectivity index (χ3v) is 8.36. The van der Waals surface area contributed by atoms with E-state index in [2.05, 4.69) is 32.1 Å². The van der Waals surface area contributed by atoms with Crippen LogP contribution < -0.4 is 37.9 Å². The van der Waals surface area contributed by atoms with Crippen molar-refractivity contribution in [2.24, 2.45) is 5.73 Å². The molecule has 0 aliphatic carbocycles. The molecule has 0 spiro atoms. The Morgan fingerprint density at radius 3 is 1.87 bits per heavy atom. The highest BCUT2D eigenvalue weighted by atomic mass is 16.6. The summed E-state index contributed by atoms with van der Waals surface area (Å²) < 4.78 is 32.6. The van der Waals surface area contributed by atoms with Gasteiger partial charge < -0.3 is 55.4 Å². The molecule has 2 aromatic carbocycles. The minimum absolute atomic E-state index is 0.0219. The van der Waals surface area contributed by atoms with Crippen LogP contribution in [0, 0.1) is 0 Å². The number of carbonyl (C=O) groups is 7. The summed E-state index contributed by atoms with van der Waals surface area (Å²) in [6.07, 6.45) is 0.906. The minimum Gasteiger partial charge on any atom is -0.459 e. The van der Waals surface area contributed by atoms with Crippen molar-refractivity contribution in [2.75, 3.05) is 52.8 Å². The summed E-state index contributed by atoms with van der Waals surface area (Å²) in [5, 5.41) is 9.79. The molecule has 0 saturated heterocycles. The number of urea groups is 1. The molecule has 338 valence electrons. The van der Waals surface area contributed by atoms with Gasteiger partial charge in [0.1, 0.15) is 31.9 Å². The molecule has 0 aliphatic rings. The summed E-state index contributed by atoms with van der Waals surface area (Å²) in [6.45, 7) is 5.91. The number of unbranched alkanes of at least 4 members (excludes halogenated alkanes) is 2. The molecular weight excluding hydrogens is 798 g/mol. The molecule has 0 fully saturated rings. The Bertz CT molecular complexity index is 1620. The first-order chi connectivity index (χ1) is 29.4. The van der Waals surface area contributed by atoms with Crippen molar-refractivity contribution in [1.29, 1.82) is 0 Å². The number of hydrazine groups is 1. The van der Waals surface area contributed by atoms with Gasteiger partial charge in [-0.05, 0) is 30.9 Å². The molecular formula is C41H61N7O13. The molecule has 7 amide bonds. The lowest BCUT2D eigenvalue weighted by Crippen LogP contribution is -2.60. The number of nitrogens with one attached hydrogen (secondary N) is 6. The summed E-state index contributed by atoms with van der Waals surface area (Å²) in [5.74, 6) is -4.38. The highest BCUT2D eigenvalue weighted by molar-refractivity contribution is 5.94. The summed E-state index contributed by atoms with van der Waals surface area (Å²) in [6, 6.07) is 12.9. The second kappa shape index (κ2) is 31.1. The lowest BCUT2D eigenvalue weighted by molar-refractivity contribution is -0.151. The number of benzene rings is 2. The van der Waals surface area contributed by atoms with Crippen LogP contribution in [0.4, 0.5) is 9.59 Å². The molecule has 0 aromatic heterocycles. The largest absolute Gasteiger partial charge is 0.459 e. The van der Waals surface area contributed by atoms with Crippen LogP contribution in [-0.2, 0) is 65.6 Å². The van der Waals surface area contributed by atoms with Gasteiger partial charge in [0, 0.05) is 19.8 Å². The van der Waals surface area contributed by atoms with Gasteiger partial charge >= 0.3 is 18.1 Å². The van der Waals surface area contributed by atoms with Crippen molar-refractivity contribution in [2.45, 2.75) is 90.3 Å². The van der Waals surface area contributed by atoms with Crippen molar-refractivity contribution < 1.29 is 62.0 Å². The van der Waals surface area contributed by atoms with E-state index in [1.165, 1.54) is 0 Å². The number of ether oxygens (including phenoxy) is 6. The second-order valence-electron chi connectivity index (χ2n) is 13.5. The van der Waals surface area contributed by atoms with Crippen LogP contribution in [0.3, 0.4) is 0 Å². The quantitative estimate of drug-likeness (QED) is 0.0332. The van der Waals surface area contributed by atoms with Crippen molar-refractivity contribution >= 4 is 41.7 Å². The first-order valence-electron chi connectivity index (χ1n) is 20.2. The van der Waals surface area contributed by atoms with Crippen molar-refractivity contribution in [3.63, 3.8) is 0 Å². The van der Waals surface area contributed by atoms with Crippen molar-refractivity contribution in [3.05, 3.63) is 71.8 Å². The molecule has 1 unspecified atom stereocenters. The zero-order chi connectivity index (χ0) is 44.7. The van der Waals surface area contributed by atoms with E-state index in [9.17, 15) is 33.6 Å². The zero-order valence-electron chi connectivity index (χ0n) is 35.1. The van der Waals surface area contributed by atoms with Gasteiger partial charge in [-0.2, -0.15) is 0 Å². The van der Waals surface area contributed by atoms with Crippen LogP contribution >= 0.6 is 0 Å². The van der Waals surface area contributed by atoms with E-state index in [4.69, 9.17) is 34.2 Å². The summed E-state index contributed by atoms with van der Waals surface area (Å²) in [5.41, 5.74) is 11.2. The maximum atomic E-state index is 13.2. The number of hydrogen-bond donors (Lipinski definition) is 7. The average molecular weight is 860 g/mol. The van der Waals surface area contributed by atoms with Crippen LogP contribution in [0.25, 0.3) is 0 Å². The average Bonchev–Trinajstić information content (AvgIpc) is 3.25. The Balaban J connectivity index is 1.88. The van der Waals surface area contributed by atoms with Gasteiger partial charge in [0.15, 0.2) is 6.04 Å². The van der Waals surface area contributed by atoms with Gasteiger partial charge in [-0.3, -0.25) is 30.0 Å². The first-order valence-corrected chi connectivity index (χ1v) is 20.2. The number of hydrogen-bond acceptors (Lipinski definition) is 13. The maximum Gasteiger partial charge on any atom is 0.407 e. The van der Waals surface area contributed by atoms with Gasteiger partial charge in [0.25, 0.3) is 11.8 Å². The predicted octanol–water partition coefficient (Wildman–Crippen LogP) is 1.26. The summed E-state index contributed by atoms with van der Waals surface area (Å²) in [7, 11) is 0. The van der Waals surface area contributed by atoms with E-state index in [1.807, 2.05) is 50.2 Å². The monoisotopic (exact) mass is 859 g/mol. The van der Waals surface area contributed by atoms with Crippen molar-refractivity contribution in [3.8, 4) is 0 Å². The lowest BCUT2D eigenvalue weighted by Gasteiger charge is -2.25. The van der Waals surface area contributed by atoms with E-state index in [0.717, 1.165) is 18.4 Å². The molecule has 4 atom stereocenters. The first kappa shape index (κ1) is 51.3. The number of nitrogens with two attached hydrogens (primary N) is 1. The SMILES string of the molecule is CCCCOC[C@H](NC(=O)COCCOCCNC(=O)OCc1ccccc1)C(=O)NNC(=O)[C@H](CC(N)=O)NC(=O)N[C@H](C(=O)OCc1ccccc1)C(C)OCCCC. The highest BCUT2D eigenvalue weighted by Gasteiger charge is 2.32. The summed E-state index contributed by atoms with van der Waals surface area (Å²) >= 11 is 0. The third-order valence-electron chi connectivity index (χ3n) is 8.36. The predicted molar refractivity (Wildman–Crippen MR) is 220 cm³/mol.